The number of hydrogen-bond donors (Lipinski definition) is 0. The molecule has 0 bridgehead atoms. The summed E-state index contributed by atoms with van der Waals surface area (Å²) in [5.41, 5.74) is 0.505. The summed E-state index contributed by atoms with van der Waals surface area (Å²) in [4.78, 5) is 0. The molecule has 2 rings (SSSR count). The van der Waals surface area contributed by atoms with Gasteiger partial charge in [0.15, 0.2) is 0 Å². The number of hydrogen-bond acceptors (Lipinski definition) is 2. The number of halogens is 3. The lowest BCUT2D eigenvalue weighted by molar-refractivity contribution is 0.532. The van der Waals surface area contributed by atoms with Crippen molar-refractivity contribution in [3.05, 3.63) is 39.6 Å². The second kappa shape index (κ2) is 4.63. The van der Waals surface area contributed by atoms with Gasteiger partial charge >= 0.3 is 0 Å². The monoisotopic (exact) mass is 331 g/mol. The molecule has 0 saturated heterocycles. The highest BCUT2D eigenvalue weighted by molar-refractivity contribution is 9.10. The normalized spacial score (nSPS) is 11.9. The fourth-order valence-electron chi connectivity index (χ4n) is 1.63. The predicted molar refractivity (Wildman–Crippen MR) is 72.7 cm³/mol. The molecule has 0 amide bonds. The Hall–Kier alpha value is -0.940. The molecule has 0 spiro atoms. The number of benzene rings is 1. The predicted octanol–water partition coefficient (Wildman–Crippen LogP) is 4.12. The molecule has 1 heterocycles. The summed E-state index contributed by atoms with van der Waals surface area (Å²) in [6.07, 6.45) is 0. The molecule has 1 aromatic heterocycles. The van der Waals surface area contributed by atoms with Crippen molar-refractivity contribution in [1.82, 2.24) is 14.8 Å². The summed E-state index contributed by atoms with van der Waals surface area (Å²) >= 11 is 9.40. The largest absolute Gasteiger partial charge is 0.268 e. The van der Waals surface area contributed by atoms with Crippen LogP contribution in [0.1, 0.15) is 26.6 Å². The van der Waals surface area contributed by atoms with Crippen molar-refractivity contribution in [2.75, 3.05) is 0 Å². The Labute approximate surface area is 118 Å². The molecule has 96 valence electrons. The number of nitrogens with zero attached hydrogens (tertiary/aromatic N) is 3. The summed E-state index contributed by atoms with van der Waals surface area (Å²) in [7, 11) is 0. The smallest absolute Gasteiger partial charge is 0.229 e. The molecule has 1 aromatic carbocycles. The van der Waals surface area contributed by atoms with Gasteiger partial charge < -0.3 is 0 Å². The Morgan fingerprint density at radius 2 is 1.94 bits per heavy atom. The van der Waals surface area contributed by atoms with Gasteiger partial charge in [-0.3, -0.25) is 4.57 Å². The van der Waals surface area contributed by atoms with Crippen LogP contribution in [-0.2, 0) is 5.41 Å². The molecule has 2 aromatic rings. The molecule has 6 heteroatoms. The molecule has 0 N–H and O–H groups in total. The van der Waals surface area contributed by atoms with Crippen LogP contribution >= 0.6 is 27.5 Å². The average molecular weight is 333 g/mol. The van der Waals surface area contributed by atoms with Crippen LogP contribution in [0.2, 0.25) is 5.28 Å². The van der Waals surface area contributed by atoms with Crippen LogP contribution in [0.15, 0.2) is 22.7 Å². The van der Waals surface area contributed by atoms with E-state index in [2.05, 4.69) is 26.1 Å². The molecular weight excluding hydrogens is 321 g/mol. The van der Waals surface area contributed by atoms with E-state index in [-0.39, 0.29) is 16.5 Å². The second-order valence-corrected chi connectivity index (χ2v) is 6.17. The number of rotatable bonds is 1. The van der Waals surface area contributed by atoms with Gasteiger partial charge in [-0.2, -0.15) is 0 Å². The van der Waals surface area contributed by atoms with E-state index < -0.39 is 0 Å². The molecule has 0 aliphatic carbocycles. The third-order valence-corrected chi connectivity index (χ3v) is 3.32. The van der Waals surface area contributed by atoms with E-state index in [0.29, 0.717) is 4.47 Å². The van der Waals surface area contributed by atoms with Crippen molar-refractivity contribution in [3.63, 3.8) is 0 Å². The third kappa shape index (κ3) is 2.42. The van der Waals surface area contributed by atoms with Gasteiger partial charge in [0.05, 0.1) is 5.69 Å². The molecule has 0 fully saturated rings. The van der Waals surface area contributed by atoms with Crippen molar-refractivity contribution in [2.24, 2.45) is 0 Å². The Morgan fingerprint density at radius 1 is 1.28 bits per heavy atom. The lowest BCUT2D eigenvalue weighted by atomic mass is 9.95. The third-order valence-electron chi connectivity index (χ3n) is 2.45. The molecule has 0 unspecified atom stereocenters. The minimum atomic E-state index is -0.313. The quantitative estimate of drug-likeness (QED) is 0.786. The molecule has 3 nitrogen and oxygen atoms in total. The zero-order chi connectivity index (χ0) is 13.5. The summed E-state index contributed by atoms with van der Waals surface area (Å²) in [5.74, 6) is 0.409. The minimum Gasteiger partial charge on any atom is -0.268 e. The van der Waals surface area contributed by atoms with E-state index in [1.807, 2.05) is 20.8 Å². The lowest BCUT2D eigenvalue weighted by Crippen LogP contribution is -2.18. The van der Waals surface area contributed by atoms with E-state index >= 15 is 0 Å². The first kappa shape index (κ1) is 13.5. The summed E-state index contributed by atoms with van der Waals surface area (Å²) in [6, 6.07) is 4.41. The maximum Gasteiger partial charge on any atom is 0.229 e. The Balaban J connectivity index is 2.67. The molecular formula is C12H12BrClFN3. The molecule has 18 heavy (non-hydrogen) atoms. The van der Waals surface area contributed by atoms with Crippen LogP contribution in [0, 0.1) is 5.82 Å². The van der Waals surface area contributed by atoms with Gasteiger partial charge in [0.25, 0.3) is 0 Å². The maximum absolute atomic E-state index is 13.1. The van der Waals surface area contributed by atoms with E-state index in [9.17, 15) is 4.39 Å². The van der Waals surface area contributed by atoms with Gasteiger partial charge in [0.1, 0.15) is 11.6 Å². The van der Waals surface area contributed by atoms with Crippen LogP contribution in [-0.4, -0.2) is 14.8 Å². The lowest BCUT2D eigenvalue weighted by Gasteiger charge is -2.19. The number of aromatic nitrogens is 3. The Bertz CT molecular complexity index is 589. The molecule has 0 aliphatic rings. The van der Waals surface area contributed by atoms with Crippen LogP contribution in [0.5, 0.6) is 0 Å². The van der Waals surface area contributed by atoms with Gasteiger partial charge in [-0.15, -0.1) is 10.2 Å². The highest BCUT2D eigenvalue weighted by Gasteiger charge is 2.25. The van der Waals surface area contributed by atoms with Gasteiger partial charge in [0.2, 0.25) is 5.28 Å². The first-order valence-electron chi connectivity index (χ1n) is 5.37. The van der Waals surface area contributed by atoms with Crippen LogP contribution in [0.3, 0.4) is 0 Å². The summed E-state index contributed by atoms with van der Waals surface area (Å²) in [5, 5.41) is 8.24. The van der Waals surface area contributed by atoms with Crippen LogP contribution in [0.25, 0.3) is 5.69 Å². The zero-order valence-corrected chi connectivity index (χ0v) is 12.5. The first-order valence-corrected chi connectivity index (χ1v) is 6.54. The van der Waals surface area contributed by atoms with Crippen molar-refractivity contribution in [3.8, 4) is 5.69 Å². The first-order chi connectivity index (χ1) is 8.30. The highest BCUT2D eigenvalue weighted by atomic mass is 79.9. The molecule has 0 atom stereocenters. The van der Waals surface area contributed by atoms with Crippen molar-refractivity contribution in [1.29, 1.82) is 0 Å². The van der Waals surface area contributed by atoms with Crippen molar-refractivity contribution < 1.29 is 4.39 Å². The maximum atomic E-state index is 13.1. The minimum absolute atomic E-state index is 0.214. The van der Waals surface area contributed by atoms with Crippen LogP contribution in [0.4, 0.5) is 4.39 Å². The van der Waals surface area contributed by atoms with Crippen molar-refractivity contribution in [2.45, 2.75) is 26.2 Å². The van der Waals surface area contributed by atoms with Gasteiger partial charge in [-0.05, 0) is 45.7 Å². The Kier molecular flexibility index (Phi) is 3.47. The average Bonchev–Trinajstić information content (AvgIpc) is 2.60. The molecule has 0 aliphatic heterocycles. The fraction of sp³-hybridized carbons (Fsp3) is 0.333. The van der Waals surface area contributed by atoms with Crippen molar-refractivity contribution >= 4 is 27.5 Å². The van der Waals surface area contributed by atoms with E-state index in [1.54, 1.807) is 10.6 Å². The zero-order valence-electron chi connectivity index (χ0n) is 10.2. The summed E-state index contributed by atoms with van der Waals surface area (Å²) in [6.45, 7) is 6.05. The van der Waals surface area contributed by atoms with E-state index in [4.69, 9.17) is 11.6 Å². The topological polar surface area (TPSA) is 30.7 Å². The Morgan fingerprint density at radius 3 is 2.50 bits per heavy atom. The molecule has 0 saturated carbocycles. The molecule has 0 radical (unpaired) electrons. The van der Waals surface area contributed by atoms with Crippen LogP contribution < -0.4 is 0 Å². The fourth-order valence-corrected chi connectivity index (χ4v) is 2.36. The second-order valence-electron chi connectivity index (χ2n) is 4.97. The van der Waals surface area contributed by atoms with Gasteiger partial charge in [-0.25, -0.2) is 4.39 Å². The highest BCUT2D eigenvalue weighted by Crippen LogP contribution is 2.30. The van der Waals surface area contributed by atoms with Gasteiger partial charge in [0, 0.05) is 9.89 Å². The summed E-state index contributed by atoms with van der Waals surface area (Å²) < 4.78 is 15.4. The van der Waals surface area contributed by atoms with E-state index in [0.717, 1.165) is 11.5 Å². The SMILES string of the molecule is CC(C)(C)c1nnc(Cl)n1-c1ccc(F)cc1Br. The van der Waals surface area contributed by atoms with E-state index in [1.165, 1.54) is 12.1 Å². The standard InChI is InChI=1S/C12H12BrClFN3/c1-12(2,3)10-16-17-11(14)18(10)9-5-4-7(15)6-8(9)13/h4-6H,1-3H3. The van der Waals surface area contributed by atoms with Gasteiger partial charge in [-0.1, -0.05) is 20.8 Å².